The number of ketones is 1. The molecule has 0 bridgehead atoms. The summed E-state index contributed by atoms with van der Waals surface area (Å²) in [6, 6.07) is 16.6. The number of carbonyl (C=O) groups is 2. The fraction of sp³-hybridized carbons (Fsp3) is 0.0952. The number of nitro benzene ring substituents is 1. The molecular weight excluding hydrogens is 406 g/mol. The minimum atomic E-state index is -0.631. The van der Waals surface area contributed by atoms with E-state index in [-0.39, 0.29) is 11.3 Å². The lowest BCUT2D eigenvalue weighted by Crippen LogP contribution is -2.13. The van der Waals surface area contributed by atoms with Gasteiger partial charge in [-0.15, -0.1) is 11.3 Å². The molecule has 30 heavy (non-hydrogen) atoms. The summed E-state index contributed by atoms with van der Waals surface area (Å²) in [6.07, 6.45) is 0. The summed E-state index contributed by atoms with van der Waals surface area (Å²) in [5, 5.41) is 16.2. The fourth-order valence-corrected chi connectivity index (χ4v) is 4.05. The van der Waals surface area contributed by atoms with E-state index < -0.39 is 23.3 Å². The highest BCUT2D eigenvalue weighted by Gasteiger charge is 2.20. The first-order valence-corrected chi connectivity index (χ1v) is 9.75. The number of para-hydroxylation sites is 1. The molecular formula is C21H15N3O5S. The number of nitro groups is 1. The predicted molar refractivity (Wildman–Crippen MR) is 111 cm³/mol. The SMILES string of the molecule is Cc1nn(-c2ccccc2)c2sc(C(=O)OCC(=O)c3cccc([N+](=O)[O-])c3)cc12. The van der Waals surface area contributed by atoms with Gasteiger partial charge >= 0.3 is 5.97 Å². The number of Topliss-reactive ketones (excluding diaryl/α,β-unsaturated/α-hetero) is 1. The molecule has 2 heterocycles. The standard InChI is InChI=1S/C21H15N3O5S/c1-13-17-11-19(30-20(17)23(22-13)15-7-3-2-4-8-15)21(26)29-12-18(25)14-6-5-9-16(10-14)24(27)28/h2-11H,12H2,1H3. The van der Waals surface area contributed by atoms with Gasteiger partial charge in [0, 0.05) is 23.1 Å². The molecule has 2 aromatic heterocycles. The molecule has 4 rings (SSSR count). The number of hydrogen-bond acceptors (Lipinski definition) is 7. The van der Waals surface area contributed by atoms with Gasteiger partial charge in [-0.25, -0.2) is 9.48 Å². The van der Waals surface area contributed by atoms with Crippen molar-refractivity contribution in [3.05, 3.63) is 86.9 Å². The summed E-state index contributed by atoms with van der Waals surface area (Å²) in [5.41, 5.74) is 1.57. The van der Waals surface area contributed by atoms with Crippen LogP contribution in [0.5, 0.6) is 0 Å². The Kier molecular flexibility index (Phi) is 5.11. The number of non-ortho nitro benzene ring substituents is 1. The number of nitrogens with zero attached hydrogens (tertiary/aromatic N) is 3. The van der Waals surface area contributed by atoms with Crippen molar-refractivity contribution in [2.45, 2.75) is 6.92 Å². The second kappa shape index (κ2) is 7.88. The van der Waals surface area contributed by atoms with E-state index in [1.807, 2.05) is 37.3 Å². The average molecular weight is 421 g/mol. The molecule has 2 aromatic carbocycles. The number of fused-ring (bicyclic) bond motifs is 1. The van der Waals surface area contributed by atoms with Crippen LogP contribution in [-0.2, 0) is 4.74 Å². The van der Waals surface area contributed by atoms with E-state index in [2.05, 4.69) is 5.10 Å². The number of thiophene rings is 1. The molecule has 0 fully saturated rings. The zero-order valence-electron chi connectivity index (χ0n) is 15.8. The van der Waals surface area contributed by atoms with Gasteiger partial charge in [0.25, 0.3) is 5.69 Å². The van der Waals surface area contributed by atoms with Crippen LogP contribution in [0.1, 0.15) is 25.7 Å². The van der Waals surface area contributed by atoms with Crippen molar-refractivity contribution in [3.8, 4) is 5.69 Å². The van der Waals surface area contributed by atoms with Gasteiger partial charge in [-0.2, -0.15) is 5.10 Å². The van der Waals surface area contributed by atoms with Crippen molar-refractivity contribution in [2.24, 2.45) is 0 Å². The summed E-state index contributed by atoms with van der Waals surface area (Å²) >= 11 is 1.23. The van der Waals surface area contributed by atoms with Crippen LogP contribution in [-0.4, -0.2) is 33.1 Å². The molecule has 4 aromatic rings. The van der Waals surface area contributed by atoms with E-state index in [9.17, 15) is 19.7 Å². The zero-order valence-corrected chi connectivity index (χ0v) is 16.6. The Morgan fingerprint density at radius 2 is 1.90 bits per heavy atom. The molecule has 0 amide bonds. The lowest BCUT2D eigenvalue weighted by Gasteiger charge is -2.03. The van der Waals surface area contributed by atoms with Crippen molar-refractivity contribution in [1.29, 1.82) is 0 Å². The van der Waals surface area contributed by atoms with Gasteiger partial charge in [-0.1, -0.05) is 30.3 Å². The minimum absolute atomic E-state index is 0.115. The number of ether oxygens (including phenoxy) is 1. The second-order valence-corrected chi connectivity index (χ2v) is 7.50. The maximum Gasteiger partial charge on any atom is 0.348 e. The van der Waals surface area contributed by atoms with Crippen LogP contribution >= 0.6 is 11.3 Å². The smallest absolute Gasteiger partial charge is 0.348 e. The molecule has 9 heteroatoms. The number of aryl methyl sites for hydroxylation is 1. The monoisotopic (exact) mass is 421 g/mol. The number of carbonyl (C=O) groups excluding carboxylic acids is 2. The lowest BCUT2D eigenvalue weighted by atomic mass is 10.1. The van der Waals surface area contributed by atoms with E-state index in [1.54, 1.807) is 10.7 Å². The van der Waals surface area contributed by atoms with Crippen LogP contribution in [0.15, 0.2) is 60.7 Å². The topological polar surface area (TPSA) is 104 Å². The Morgan fingerprint density at radius 3 is 2.63 bits per heavy atom. The number of hydrogen-bond donors (Lipinski definition) is 0. The van der Waals surface area contributed by atoms with Gasteiger partial charge in [0.1, 0.15) is 9.71 Å². The van der Waals surface area contributed by atoms with Gasteiger partial charge < -0.3 is 4.74 Å². The van der Waals surface area contributed by atoms with E-state index in [4.69, 9.17) is 4.74 Å². The fourth-order valence-electron chi connectivity index (χ4n) is 2.97. The van der Waals surface area contributed by atoms with E-state index >= 15 is 0 Å². The molecule has 0 aliphatic carbocycles. The maximum atomic E-state index is 12.5. The third-order valence-corrected chi connectivity index (χ3v) is 5.55. The predicted octanol–water partition coefficient (Wildman–Crippen LogP) is 4.34. The third kappa shape index (κ3) is 3.70. The van der Waals surface area contributed by atoms with Crippen LogP contribution < -0.4 is 0 Å². The van der Waals surface area contributed by atoms with Gasteiger partial charge in [0.2, 0.25) is 5.78 Å². The molecule has 0 radical (unpaired) electrons. The van der Waals surface area contributed by atoms with E-state index in [0.717, 1.165) is 27.7 Å². The Hall–Kier alpha value is -3.85. The molecule has 0 saturated heterocycles. The Bertz CT molecular complexity index is 1280. The van der Waals surface area contributed by atoms with Crippen LogP contribution in [0, 0.1) is 17.0 Å². The van der Waals surface area contributed by atoms with Gasteiger partial charge in [0.05, 0.1) is 16.3 Å². The maximum absolute atomic E-state index is 12.5. The number of aromatic nitrogens is 2. The summed E-state index contributed by atoms with van der Waals surface area (Å²) in [5.74, 6) is -1.14. The van der Waals surface area contributed by atoms with E-state index in [1.165, 1.54) is 29.5 Å². The van der Waals surface area contributed by atoms with Crippen molar-refractivity contribution >= 4 is 39.0 Å². The molecule has 0 aliphatic rings. The lowest BCUT2D eigenvalue weighted by molar-refractivity contribution is -0.384. The van der Waals surface area contributed by atoms with Crippen LogP contribution in [0.25, 0.3) is 15.9 Å². The summed E-state index contributed by atoms with van der Waals surface area (Å²) in [6.45, 7) is 1.35. The van der Waals surface area contributed by atoms with Gasteiger partial charge in [0.15, 0.2) is 6.61 Å². The molecule has 0 N–H and O–H groups in total. The van der Waals surface area contributed by atoms with Crippen LogP contribution in [0.4, 0.5) is 5.69 Å². The zero-order chi connectivity index (χ0) is 21.3. The molecule has 0 unspecified atom stereocenters. The second-order valence-electron chi connectivity index (χ2n) is 6.47. The van der Waals surface area contributed by atoms with Crippen LogP contribution in [0.2, 0.25) is 0 Å². The Balaban J connectivity index is 1.52. The number of rotatable bonds is 6. The molecule has 0 saturated carbocycles. The summed E-state index contributed by atoms with van der Waals surface area (Å²) in [7, 11) is 0. The van der Waals surface area contributed by atoms with Crippen molar-refractivity contribution < 1.29 is 19.2 Å². The number of benzene rings is 2. The van der Waals surface area contributed by atoms with Crippen molar-refractivity contribution in [3.63, 3.8) is 0 Å². The molecule has 150 valence electrons. The third-order valence-electron chi connectivity index (χ3n) is 4.46. The van der Waals surface area contributed by atoms with Crippen molar-refractivity contribution in [2.75, 3.05) is 6.61 Å². The Labute approximate surface area is 174 Å². The molecule has 0 atom stereocenters. The average Bonchev–Trinajstić information content (AvgIpc) is 3.33. The molecule has 0 aliphatic heterocycles. The highest BCUT2D eigenvalue weighted by Crippen LogP contribution is 2.30. The Morgan fingerprint density at radius 1 is 1.13 bits per heavy atom. The molecule has 0 spiro atoms. The van der Waals surface area contributed by atoms with Gasteiger partial charge in [-0.3, -0.25) is 14.9 Å². The summed E-state index contributed by atoms with van der Waals surface area (Å²) in [4.78, 5) is 36.2. The highest BCUT2D eigenvalue weighted by atomic mass is 32.1. The quantitative estimate of drug-likeness (QED) is 0.198. The largest absolute Gasteiger partial charge is 0.453 e. The number of esters is 1. The van der Waals surface area contributed by atoms with Crippen molar-refractivity contribution in [1.82, 2.24) is 9.78 Å². The van der Waals surface area contributed by atoms with Gasteiger partial charge in [-0.05, 0) is 25.1 Å². The molecule has 8 nitrogen and oxygen atoms in total. The minimum Gasteiger partial charge on any atom is -0.453 e. The first kappa shape index (κ1) is 19.5. The van der Waals surface area contributed by atoms with E-state index in [0.29, 0.717) is 4.88 Å². The summed E-state index contributed by atoms with van der Waals surface area (Å²) < 4.78 is 6.92. The highest BCUT2D eigenvalue weighted by molar-refractivity contribution is 7.20. The van der Waals surface area contributed by atoms with Crippen LogP contribution in [0.3, 0.4) is 0 Å². The normalized spacial score (nSPS) is 10.8. The first-order valence-electron chi connectivity index (χ1n) is 8.93. The first-order chi connectivity index (χ1) is 14.4.